The van der Waals surface area contributed by atoms with E-state index >= 15 is 0 Å². The Morgan fingerprint density at radius 1 is 0.600 bits per heavy atom. The van der Waals surface area contributed by atoms with Crippen LogP contribution >= 0.6 is 0 Å². The molecule has 100 heavy (non-hydrogen) atoms. The van der Waals surface area contributed by atoms with Gasteiger partial charge in [-0.25, -0.2) is 17.4 Å². The zero-order chi connectivity index (χ0) is 71.6. The molecule has 0 atom stereocenters. The molecule has 0 spiro atoms. The predicted molar refractivity (Wildman–Crippen MR) is 378 cm³/mol. The highest BCUT2D eigenvalue weighted by atomic mass is 32.2. The van der Waals surface area contributed by atoms with Gasteiger partial charge in [0.25, 0.3) is 55.4 Å². The Labute approximate surface area is 576 Å². The highest BCUT2D eigenvalue weighted by molar-refractivity contribution is 7.90. The first-order chi connectivity index (χ1) is 48.0. The number of carbonyl (C=O) groups excluding carboxylic acids is 2. The van der Waals surface area contributed by atoms with Gasteiger partial charge in [-0.15, -0.1) is 0 Å². The van der Waals surface area contributed by atoms with Crippen LogP contribution in [0.3, 0.4) is 0 Å². The molecule has 10 aromatic rings. The Kier molecular flexibility index (Phi) is 22.4. The van der Waals surface area contributed by atoms with Crippen LogP contribution in [-0.4, -0.2) is 187 Å². The number of anilines is 2. The monoisotopic (exact) mass is 1420 g/mol. The summed E-state index contributed by atoms with van der Waals surface area (Å²) in [6, 6.07) is 34.9. The van der Waals surface area contributed by atoms with Gasteiger partial charge in [-0.1, -0.05) is 61.5 Å². The molecule has 0 aliphatic carbocycles. The normalized spacial score (nSPS) is 15.6. The molecule has 5 aliphatic rings. The second-order valence-corrected chi connectivity index (χ2v) is 29.0. The van der Waals surface area contributed by atoms with Crippen LogP contribution in [0.15, 0.2) is 171 Å². The van der Waals surface area contributed by atoms with E-state index in [1.165, 1.54) is 23.0 Å². The standard InChI is InChI=1S/C25H28N4O3S.C21H20N4O4S.C21H19N3O3S.3CH2O2/c1-4-20-5-7-22-23(18-9-12-27(3)13-10-18)16-29(25(22)26-20)33(31,32)21-6-8-24-19(15-21)11-14-28(24)17(2)30;1-24-10-8-14(9-11-24)21-16-4-2-3-5-18(16)25(23-21)30(27,28)15-6-7-19-17(12-15)22-20(26)13-29-19;1-23-11-8-15(9-12-23)21-18-4-2-3-5-19(18)24(22-21)28(25,26)17-6-7-20-16(14-17)10-13-27-20;3*2-1-3/h5-9,15-16H,4,10-14H2,1-3H3;2-8,12H,9-11,13H2,1H3,(H,22,26);2-8,10,13-14H,9,11-12H2,1H3;3*1H,(H,2,3). The molecule has 15 rings (SSSR count). The number of hydrogen-bond acceptors (Lipinski definition) is 19. The maximum absolute atomic E-state index is 13.8. The highest BCUT2D eigenvalue weighted by Crippen LogP contribution is 2.38. The molecule has 0 bridgehead atoms. The second kappa shape index (κ2) is 31.1. The Morgan fingerprint density at radius 2 is 1.12 bits per heavy atom. The smallest absolute Gasteiger partial charge is 0.290 e. The van der Waals surface area contributed by atoms with Crippen LogP contribution in [0.5, 0.6) is 5.75 Å². The Morgan fingerprint density at radius 3 is 1.66 bits per heavy atom. The first-order valence-corrected chi connectivity index (χ1v) is 35.9. The van der Waals surface area contributed by atoms with E-state index < -0.39 is 30.1 Å². The average molecular weight is 1420 g/mol. The molecule has 0 fully saturated rings. The van der Waals surface area contributed by atoms with E-state index in [1.54, 1.807) is 84.1 Å². The van der Waals surface area contributed by atoms with Gasteiger partial charge in [0.1, 0.15) is 11.3 Å². The molecule has 2 amide bonds. The molecule has 5 aromatic heterocycles. The summed E-state index contributed by atoms with van der Waals surface area (Å²) in [5.74, 6) is 0.0854. The zero-order valence-electron chi connectivity index (χ0n) is 55.2. The minimum atomic E-state index is -3.98. The van der Waals surface area contributed by atoms with Crippen LogP contribution in [0.4, 0.5) is 11.4 Å². The summed E-state index contributed by atoms with van der Waals surface area (Å²) in [7, 11) is -5.49. The molecule has 27 nitrogen and oxygen atoms in total. The number of aromatic nitrogens is 6. The minimum absolute atomic E-state index is 0.0317. The fraction of sp³-hybridized carbons (Fsp3) is 0.257. The maximum Gasteiger partial charge on any atom is 0.290 e. The fourth-order valence-corrected chi connectivity index (χ4v) is 16.2. The number of para-hydroxylation sites is 2. The third-order valence-electron chi connectivity index (χ3n) is 17.3. The highest BCUT2D eigenvalue weighted by Gasteiger charge is 2.31. The van der Waals surface area contributed by atoms with Crippen LogP contribution in [0, 0.1) is 0 Å². The summed E-state index contributed by atoms with van der Waals surface area (Å²) in [4.78, 5) is 62.1. The molecule has 0 radical (unpaired) electrons. The van der Waals surface area contributed by atoms with Gasteiger partial charge in [0.2, 0.25) is 5.91 Å². The summed E-state index contributed by atoms with van der Waals surface area (Å²) in [5, 5.41) is 35.7. The number of amides is 2. The van der Waals surface area contributed by atoms with Gasteiger partial charge in [-0.05, 0) is 160 Å². The lowest BCUT2D eigenvalue weighted by atomic mass is 10.00. The molecule has 522 valence electrons. The van der Waals surface area contributed by atoms with Crippen LogP contribution in [0.2, 0.25) is 0 Å². The summed E-state index contributed by atoms with van der Waals surface area (Å²) >= 11 is 0. The number of rotatable bonds is 10. The third-order valence-corrected chi connectivity index (χ3v) is 22.1. The number of aryl methyl sites for hydroxylation is 1. The number of pyridine rings is 1. The number of nitrogens with one attached hydrogen (secondary N) is 1. The molecule has 10 heterocycles. The maximum atomic E-state index is 13.8. The van der Waals surface area contributed by atoms with Crippen molar-refractivity contribution in [2.75, 3.05) is 83.8 Å². The van der Waals surface area contributed by atoms with Gasteiger partial charge in [0.15, 0.2) is 12.3 Å². The summed E-state index contributed by atoms with van der Waals surface area (Å²) in [5.41, 5.74) is 10.8. The lowest BCUT2D eigenvalue weighted by Gasteiger charge is -2.21. The zero-order valence-corrected chi connectivity index (χ0v) is 57.7. The number of hydrogen-bond donors (Lipinski definition) is 4. The van der Waals surface area contributed by atoms with Crippen molar-refractivity contribution in [2.45, 2.75) is 60.6 Å². The number of likely N-dealkylation sites (N-methyl/N-ethyl adjacent to an activating group) is 3. The van der Waals surface area contributed by atoms with E-state index in [-0.39, 0.29) is 52.5 Å². The van der Waals surface area contributed by atoms with Crippen LogP contribution in [0.25, 0.3) is 60.5 Å². The average Bonchev–Trinajstić information content (AvgIpc) is 1.59. The van der Waals surface area contributed by atoms with Crippen molar-refractivity contribution in [1.29, 1.82) is 0 Å². The molecule has 4 N–H and O–H groups in total. The SMILES string of the molecule is CCc1ccc2c(C3=CCN(C)CC3)cn(S(=O)(=O)c3ccc4c(c3)CCN4C(C)=O)c2n1.CN1CC=C(c2nn(S(=O)(=O)c3ccc4c(c3)NC(=O)CO4)c3ccccc23)CC1.CN1CC=C(c2nn(S(=O)(=O)c3ccc4occc4c3)c3ccccc23)CC1.O=CO.O=CO.O=CO. The molecule has 30 heteroatoms. The van der Waals surface area contributed by atoms with Crippen LogP contribution < -0.4 is 15.0 Å². The Bertz CT molecular complexity index is 5210. The van der Waals surface area contributed by atoms with Crippen molar-refractivity contribution >= 4 is 133 Å². The quantitative estimate of drug-likeness (QED) is 0.0930. The predicted octanol–water partition coefficient (Wildman–Crippen LogP) is 8.63. The summed E-state index contributed by atoms with van der Waals surface area (Å²) < 4.78 is 95.7. The second-order valence-electron chi connectivity index (χ2n) is 23.7. The van der Waals surface area contributed by atoms with E-state index in [2.05, 4.69) is 62.5 Å². The largest absolute Gasteiger partial charge is 0.483 e. The third kappa shape index (κ3) is 15.2. The van der Waals surface area contributed by atoms with Gasteiger partial charge in [0.05, 0.1) is 49.1 Å². The Balaban J connectivity index is 0.000000153. The number of fused-ring (bicyclic) bond motifs is 6. The van der Waals surface area contributed by atoms with Crippen LogP contribution in [-0.2, 0) is 66.9 Å². The topological polar surface area (TPSA) is 349 Å². The number of furan rings is 1. The molecular formula is C70H73N11O16S3. The first kappa shape index (κ1) is 72.1. The van der Waals surface area contributed by atoms with Gasteiger partial charge in [-0.2, -0.15) is 35.2 Å². The molecule has 5 aromatic carbocycles. The molecule has 0 saturated carbocycles. The molecule has 0 saturated heterocycles. The lowest BCUT2D eigenvalue weighted by Crippen LogP contribution is -2.25. The van der Waals surface area contributed by atoms with Crippen molar-refractivity contribution in [2.24, 2.45) is 0 Å². The summed E-state index contributed by atoms with van der Waals surface area (Å²) in [6.45, 7) is 8.51. The number of carboxylic acid groups (broad SMARTS) is 3. The van der Waals surface area contributed by atoms with E-state index in [0.717, 1.165) is 140 Å². The lowest BCUT2D eigenvalue weighted by molar-refractivity contribution is -0.123. The summed E-state index contributed by atoms with van der Waals surface area (Å²) in [6.07, 6.45) is 13.6. The van der Waals surface area contributed by atoms with E-state index in [1.807, 2.05) is 56.4 Å². The number of ether oxygens (including phenoxy) is 1. The van der Waals surface area contributed by atoms with Crippen molar-refractivity contribution in [3.8, 4) is 5.75 Å². The van der Waals surface area contributed by atoms with Crippen molar-refractivity contribution in [3.05, 3.63) is 180 Å². The van der Waals surface area contributed by atoms with Gasteiger partial charge in [0, 0.05) is 97.4 Å². The molecule has 5 aliphatic heterocycles. The van der Waals surface area contributed by atoms with Crippen LogP contribution in [0.1, 0.15) is 61.3 Å². The molecule has 0 unspecified atom stereocenters. The minimum Gasteiger partial charge on any atom is -0.483 e. The van der Waals surface area contributed by atoms with Crippen molar-refractivity contribution < 1.29 is 73.7 Å². The fourth-order valence-electron chi connectivity index (χ4n) is 12.2. The van der Waals surface area contributed by atoms with E-state index in [4.69, 9.17) is 43.8 Å². The van der Waals surface area contributed by atoms with E-state index in [0.29, 0.717) is 52.4 Å². The number of carbonyl (C=O) groups is 5. The number of nitrogens with zero attached hydrogens (tertiary/aromatic N) is 10. The molecular weight excluding hydrogens is 1350 g/mol. The Hall–Kier alpha value is -10.6. The first-order valence-electron chi connectivity index (χ1n) is 31.6. The van der Waals surface area contributed by atoms with Crippen molar-refractivity contribution in [3.63, 3.8) is 0 Å². The van der Waals surface area contributed by atoms with Gasteiger partial charge < -0.3 is 49.4 Å². The van der Waals surface area contributed by atoms with Gasteiger partial charge >= 0.3 is 0 Å². The van der Waals surface area contributed by atoms with Gasteiger partial charge in [-0.3, -0.25) is 24.0 Å². The van der Waals surface area contributed by atoms with Crippen molar-refractivity contribution in [1.82, 2.24) is 42.0 Å². The van der Waals surface area contributed by atoms with E-state index in [9.17, 15) is 34.8 Å². The number of benzene rings is 5.